The highest BCUT2D eigenvalue weighted by Crippen LogP contribution is 2.25. The van der Waals surface area contributed by atoms with Crippen molar-refractivity contribution in [3.63, 3.8) is 0 Å². The van der Waals surface area contributed by atoms with E-state index in [2.05, 4.69) is 15.8 Å². The number of rotatable bonds is 2. The third kappa shape index (κ3) is 2.35. The Bertz CT molecular complexity index is 497. The second-order valence-corrected chi connectivity index (χ2v) is 3.91. The normalized spacial score (nSPS) is 16.6. The SMILES string of the molecule is O=C1NN=CC1=CNc1ccc(Cl)cc1Cl. The maximum absolute atomic E-state index is 11.1. The second-order valence-electron chi connectivity index (χ2n) is 3.07. The minimum absolute atomic E-state index is 0.252. The average Bonchev–Trinajstić information content (AvgIpc) is 2.63. The van der Waals surface area contributed by atoms with Crippen LogP contribution in [0, 0.1) is 0 Å². The summed E-state index contributed by atoms with van der Waals surface area (Å²) in [7, 11) is 0. The zero-order valence-electron chi connectivity index (χ0n) is 8.00. The van der Waals surface area contributed by atoms with Crippen LogP contribution in [0.3, 0.4) is 0 Å². The van der Waals surface area contributed by atoms with Crippen molar-refractivity contribution in [1.82, 2.24) is 5.43 Å². The molecule has 0 bridgehead atoms. The van der Waals surface area contributed by atoms with Crippen LogP contribution in [-0.4, -0.2) is 12.1 Å². The van der Waals surface area contributed by atoms with E-state index in [-0.39, 0.29) is 5.91 Å². The monoisotopic (exact) mass is 255 g/mol. The van der Waals surface area contributed by atoms with Crippen LogP contribution in [0.4, 0.5) is 5.69 Å². The molecule has 16 heavy (non-hydrogen) atoms. The summed E-state index contributed by atoms with van der Waals surface area (Å²) < 4.78 is 0. The van der Waals surface area contributed by atoms with E-state index < -0.39 is 0 Å². The molecule has 0 saturated carbocycles. The molecular formula is C10H7Cl2N3O. The molecule has 1 aliphatic rings. The zero-order valence-corrected chi connectivity index (χ0v) is 9.51. The number of amides is 1. The number of anilines is 1. The fourth-order valence-electron chi connectivity index (χ4n) is 1.15. The third-order valence-corrected chi connectivity index (χ3v) is 2.49. The van der Waals surface area contributed by atoms with E-state index in [1.165, 1.54) is 12.4 Å². The lowest BCUT2D eigenvalue weighted by Crippen LogP contribution is -2.12. The summed E-state index contributed by atoms with van der Waals surface area (Å²) in [6.07, 6.45) is 2.96. The van der Waals surface area contributed by atoms with E-state index in [1.807, 2.05) is 0 Å². The van der Waals surface area contributed by atoms with Crippen molar-refractivity contribution in [3.8, 4) is 0 Å². The molecule has 82 valence electrons. The molecule has 6 heteroatoms. The maximum Gasteiger partial charge on any atom is 0.274 e. The molecule has 0 aliphatic carbocycles. The first-order valence-electron chi connectivity index (χ1n) is 4.42. The average molecular weight is 256 g/mol. The standard InChI is InChI=1S/C10H7Cl2N3O/c11-7-1-2-9(8(12)3-7)13-4-6-5-14-15-10(6)16/h1-5,13H,(H,15,16). The molecule has 0 aromatic heterocycles. The van der Waals surface area contributed by atoms with Crippen molar-refractivity contribution in [2.75, 3.05) is 5.32 Å². The number of hydrogen-bond donors (Lipinski definition) is 2. The van der Waals surface area contributed by atoms with Gasteiger partial charge in [0.15, 0.2) is 0 Å². The summed E-state index contributed by atoms with van der Waals surface area (Å²) in [4.78, 5) is 11.1. The minimum Gasteiger partial charge on any atom is -0.360 e. The molecule has 1 aromatic carbocycles. The molecule has 1 aliphatic heterocycles. The first-order valence-corrected chi connectivity index (χ1v) is 5.17. The number of halogens is 2. The molecule has 1 aromatic rings. The summed E-state index contributed by atoms with van der Waals surface area (Å²) in [5, 5.41) is 7.56. The van der Waals surface area contributed by atoms with Crippen LogP contribution in [0.25, 0.3) is 0 Å². The quantitative estimate of drug-likeness (QED) is 0.798. The van der Waals surface area contributed by atoms with Crippen molar-refractivity contribution >= 4 is 41.0 Å². The number of benzene rings is 1. The molecule has 2 rings (SSSR count). The zero-order chi connectivity index (χ0) is 11.5. The van der Waals surface area contributed by atoms with Gasteiger partial charge in [-0.15, -0.1) is 0 Å². The van der Waals surface area contributed by atoms with Gasteiger partial charge < -0.3 is 5.32 Å². The maximum atomic E-state index is 11.1. The molecule has 0 unspecified atom stereocenters. The summed E-state index contributed by atoms with van der Waals surface area (Å²) in [6, 6.07) is 5.05. The van der Waals surface area contributed by atoms with Gasteiger partial charge in [-0.25, -0.2) is 5.43 Å². The molecule has 0 atom stereocenters. The Kier molecular flexibility index (Phi) is 3.12. The molecule has 0 saturated heterocycles. The largest absolute Gasteiger partial charge is 0.360 e. The fraction of sp³-hybridized carbons (Fsp3) is 0. The number of carbonyl (C=O) groups is 1. The Morgan fingerprint density at radius 3 is 2.81 bits per heavy atom. The van der Waals surface area contributed by atoms with Crippen LogP contribution in [0.1, 0.15) is 0 Å². The Morgan fingerprint density at radius 2 is 2.19 bits per heavy atom. The van der Waals surface area contributed by atoms with Gasteiger partial charge in [0.1, 0.15) is 0 Å². The number of nitrogens with one attached hydrogen (secondary N) is 2. The highest BCUT2D eigenvalue weighted by atomic mass is 35.5. The number of hydrazone groups is 1. The number of hydrogen-bond acceptors (Lipinski definition) is 3. The molecular weight excluding hydrogens is 249 g/mol. The minimum atomic E-state index is -0.252. The first-order chi connectivity index (χ1) is 7.66. The lowest BCUT2D eigenvalue weighted by Gasteiger charge is -2.04. The van der Waals surface area contributed by atoms with Crippen LogP contribution in [0.5, 0.6) is 0 Å². The number of nitrogens with zero attached hydrogens (tertiary/aromatic N) is 1. The van der Waals surface area contributed by atoms with Gasteiger partial charge >= 0.3 is 0 Å². The molecule has 0 spiro atoms. The van der Waals surface area contributed by atoms with Gasteiger partial charge in [0, 0.05) is 11.2 Å². The van der Waals surface area contributed by atoms with E-state index in [9.17, 15) is 4.79 Å². The molecule has 1 heterocycles. The smallest absolute Gasteiger partial charge is 0.274 e. The van der Waals surface area contributed by atoms with Crippen molar-refractivity contribution in [3.05, 3.63) is 40.0 Å². The van der Waals surface area contributed by atoms with Crippen LogP contribution in [0.15, 0.2) is 35.1 Å². The third-order valence-electron chi connectivity index (χ3n) is 1.95. The molecule has 0 radical (unpaired) electrons. The second kappa shape index (κ2) is 4.55. The Morgan fingerprint density at radius 1 is 1.38 bits per heavy atom. The van der Waals surface area contributed by atoms with Crippen molar-refractivity contribution in [2.24, 2.45) is 5.10 Å². The van der Waals surface area contributed by atoms with Crippen LogP contribution < -0.4 is 10.7 Å². The molecule has 1 amide bonds. The highest BCUT2D eigenvalue weighted by Gasteiger charge is 2.11. The fourth-order valence-corrected chi connectivity index (χ4v) is 1.61. The summed E-state index contributed by atoms with van der Waals surface area (Å²) in [5.41, 5.74) is 3.41. The van der Waals surface area contributed by atoms with Gasteiger partial charge in [0.05, 0.1) is 22.5 Å². The Hall–Kier alpha value is -1.52. The lowest BCUT2D eigenvalue weighted by atomic mass is 10.3. The van der Waals surface area contributed by atoms with Crippen molar-refractivity contribution < 1.29 is 4.79 Å². The van der Waals surface area contributed by atoms with Gasteiger partial charge in [-0.3, -0.25) is 4.79 Å². The predicted molar refractivity (Wildman–Crippen MR) is 64.8 cm³/mol. The molecule has 4 nitrogen and oxygen atoms in total. The molecule has 2 N–H and O–H groups in total. The van der Waals surface area contributed by atoms with E-state index in [0.29, 0.717) is 21.3 Å². The predicted octanol–water partition coefficient (Wildman–Crippen LogP) is 2.40. The summed E-state index contributed by atoms with van der Waals surface area (Å²) in [6.45, 7) is 0. The van der Waals surface area contributed by atoms with Gasteiger partial charge in [0.2, 0.25) is 0 Å². The molecule has 0 fully saturated rings. The van der Waals surface area contributed by atoms with Crippen LogP contribution in [-0.2, 0) is 4.79 Å². The van der Waals surface area contributed by atoms with Crippen molar-refractivity contribution in [2.45, 2.75) is 0 Å². The van der Waals surface area contributed by atoms with E-state index in [1.54, 1.807) is 18.2 Å². The summed E-state index contributed by atoms with van der Waals surface area (Å²) in [5.74, 6) is -0.252. The van der Waals surface area contributed by atoms with Crippen LogP contribution in [0.2, 0.25) is 10.0 Å². The lowest BCUT2D eigenvalue weighted by molar-refractivity contribution is -0.116. The van der Waals surface area contributed by atoms with Gasteiger partial charge in [-0.05, 0) is 18.2 Å². The Labute approximate surface area is 102 Å². The topological polar surface area (TPSA) is 53.5 Å². The van der Waals surface area contributed by atoms with E-state index in [4.69, 9.17) is 23.2 Å². The van der Waals surface area contributed by atoms with Crippen LogP contribution >= 0.6 is 23.2 Å². The van der Waals surface area contributed by atoms with Gasteiger partial charge in [0.25, 0.3) is 5.91 Å². The van der Waals surface area contributed by atoms with Crippen molar-refractivity contribution in [1.29, 1.82) is 0 Å². The van der Waals surface area contributed by atoms with Gasteiger partial charge in [-0.2, -0.15) is 5.10 Å². The van der Waals surface area contributed by atoms with Gasteiger partial charge in [-0.1, -0.05) is 23.2 Å². The summed E-state index contributed by atoms with van der Waals surface area (Å²) >= 11 is 11.7. The number of carbonyl (C=O) groups excluding carboxylic acids is 1. The highest BCUT2D eigenvalue weighted by molar-refractivity contribution is 6.36. The van der Waals surface area contributed by atoms with E-state index >= 15 is 0 Å². The Balaban J connectivity index is 2.16. The van der Waals surface area contributed by atoms with E-state index in [0.717, 1.165) is 0 Å². The first kappa shape index (κ1) is 11.0.